The van der Waals surface area contributed by atoms with E-state index >= 15 is 0 Å². The molecule has 2 N–H and O–H groups in total. The van der Waals surface area contributed by atoms with Crippen LogP contribution in [0.3, 0.4) is 0 Å². The summed E-state index contributed by atoms with van der Waals surface area (Å²) in [7, 11) is 0. The topological polar surface area (TPSA) is 116 Å². The molecule has 4 aromatic rings. The van der Waals surface area contributed by atoms with E-state index in [0.717, 1.165) is 16.8 Å². The summed E-state index contributed by atoms with van der Waals surface area (Å²) in [5.74, 6) is 1.12. The first-order valence-corrected chi connectivity index (χ1v) is 7.39. The van der Waals surface area contributed by atoms with Gasteiger partial charge in [-0.1, -0.05) is 12.1 Å². The molecule has 0 bridgehead atoms. The molecule has 0 radical (unpaired) electrons. The molecular formula is C17H11N7O. The Kier molecular flexibility index (Phi) is 3.65. The minimum atomic E-state index is 0.365. The van der Waals surface area contributed by atoms with Crippen molar-refractivity contribution in [3.05, 3.63) is 60.3 Å². The van der Waals surface area contributed by atoms with E-state index in [1.54, 1.807) is 18.3 Å². The largest absolute Gasteiger partial charge is 0.423 e. The molecule has 0 saturated carbocycles. The number of aromatic amines is 1. The van der Waals surface area contributed by atoms with Crippen molar-refractivity contribution in [2.75, 3.05) is 5.32 Å². The lowest BCUT2D eigenvalue weighted by molar-refractivity contribution is 0.592. The number of oxazole rings is 1. The number of anilines is 2. The average molecular weight is 329 g/mol. The maximum atomic E-state index is 8.85. The number of benzene rings is 2. The molecule has 0 fully saturated rings. The van der Waals surface area contributed by atoms with Gasteiger partial charge in [-0.25, -0.2) is 4.98 Å². The van der Waals surface area contributed by atoms with Crippen LogP contribution in [0.2, 0.25) is 0 Å². The fraction of sp³-hybridized carbons (Fsp3) is 0. The summed E-state index contributed by atoms with van der Waals surface area (Å²) in [6.45, 7) is 0. The summed E-state index contributed by atoms with van der Waals surface area (Å²) in [5.41, 5.74) is 3.05. The van der Waals surface area contributed by atoms with Gasteiger partial charge in [0.25, 0.3) is 6.01 Å². The minimum Gasteiger partial charge on any atom is -0.423 e. The van der Waals surface area contributed by atoms with Crippen LogP contribution in [0.5, 0.6) is 0 Å². The summed E-state index contributed by atoms with van der Waals surface area (Å²) in [6.07, 6.45) is 1.63. The quantitative estimate of drug-likeness (QED) is 0.590. The Hall–Kier alpha value is -3.99. The SMILES string of the molecule is N#Cc1ccc(-c2cnc(Nc3cccc(-c4nn[nH]n4)c3)o2)cc1. The summed E-state index contributed by atoms with van der Waals surface area (Å²) < 4.78 is 5.72. The lowest BCUT2D eigenvalue weighted by atomic mass is 10.1. The molecule has 2 aromatic carbocycles. The van der Waals surface area contributed by atoms with Crippen molar-refractivity contribution in [2.45, 2.75) is 0 Å². The molecular weight excluding hydrogens is 318 g/mol. The van der Waals surface area contributed by atoms with Gasteiger partial charge >= 0.3 is 0 Å². The zero-order chi connectivity index (χ0) is 17.1. The molecule has 0 atom stereocenters. The second-order valence-electron chi connectivity index (χ2n) is 5.16. The molecule has 0 aliphatic rings. The molecule has 0 aliphatic carbocycles. The van der Waals surface area contributed by atoms with Gasteiger partial charge in [0, 0.05) is 16.8 Å². The molecule has 8 heteroatoms. The number of H-pyrrole nitrogens is 1. The lowest BCUT2D eigenvalue weighted by Crippen LogP contribution is -1.91. The molecule has 2 aromatic heterocycles. The highest BCUT2D eigenvalue weighted by atomic mass is 16.4. The summed E-state index contributed by atoms with van der Waals surface area (Å²) in [4.78, 5) is 4.23. The number of nitrogens with zero attached hydrogens (tertiary/aromatic N) is 5. The first-order valence-electron chi connectivity index (χ1n) is 7.39. The Morgan fingerprint density at radius 3 is 2.72 bits per heavy atom. The monoisotopic (exact) mass is 329 g/mol. The highest BCUT2D eigenvalue weighted by Crippen LogP contribution is 2.26. The molecule has 2 heterocycles. The van der Waals surface area contributed by atoms with Crippen LogP contribution in [-0.2, 0) is 0 Å². The fourth-order valence-electron chi connectivity index (χ4n) is 2.32. The number of aromatic nitrogens is 5. The van der Waals surface area contributed by atoms with Gasteiger partial charge in [-0.2, -0.15) is 10.5 Å². The highest BCUT2D eigenvalue weighted by molar-refractivity contribution is 5.65. The number of hydrogen-bond donors (Lipinski definition) is 2. The number of hydrogen-bond acceptors (Lipinski definition) is 7. The number of nitriles is 1. The van der Waals surface area contributed by atoms with E-state index in [-0.39, 0.29) is 0 Å². The highest BCUT2D eigenvalue weighted by Gasteiger charge is 2.08. The third-order valence-electron chi connectivity index (χ3n) is 3.52. The number of tetrazole rings is 1. The van der Waals surface area contributed by atoms with Gasteiger partial charge < -0.3 is 9.73 Å². The van der Waals surface area contributed by atoms with Crippen LogP contribution in [0.1, 0.15) is 5.56 Å². The first kappa shape index (κ1) is 14.6. The van der Waals surface area contributed by atoms with Crippen molar-refractivity contribution in [1.82, 2.24) is 25.6 Å². The maximum absolute atomic E-state index is 8.85. The second-order valence-corrected chi connectivity index (χ2v) is 5.16. The van der Waals surface area contributed by atoms with Gasteiger partial charge in [0.2, 0.25) is 5.82 Å². The molecule has 0 saturated heterocycles. The number of nitrogens with one attached hydrogen (secondary N) is 2. The van der Waals surface area contributed by atoms with Gasteiger partial charge in [0.05, 0.1) is 17.8 Å². The van der Waals surface area contributed by atoms with Crippen molar-refractivity contribution in [1.29, 1.82) is 5.26 Å². The third-order valence-corrected chi connectivity index (χ3v) is 3.52. The normalized spacial score (nSPS) is 10.4. The Morgan fingerprint density at radius 2 is 1.96 bits per heavy atom. The van der Waals surface area contributed by atoms with Gasteiger partial charge in [-0.05, 0) is 41.6 Å². The van der Waals surface area contributed by atoms with E-state index in [1.807, 2.05) is 36.4 Å². The predicted molar refractivity (Wildman–Crippen MR) is 89.6 cm³/mol. The standard InChI is InChI=1S/C17H11N7O/c18-9-11-4-6-12(7-5-11)15-10-19-17(25-15)20-14-3-1-2-13(8-14)16-21-23-24-22-16/h1-8,10H,(H,19,20)(H,21,22,23,24). The smallest absolute Gasteiger partial charge is 0.299 e. The zero-order valence-electron chi connectivity index (χ0n) is 12.8. The van der Waals surface area contributed by atoms with Crippen LogP contribution >= 0.6 is 0 Å². The Morgan fingerprint density at radius 1 is 1.08 bits per heavy atom. The third kappa shape index (κ3) is 3.07. The zero-order valence-corrected chi connectivity index (χ0v) is 12.8. The molecule has 0 amide bonds. The lowest BCUT2D eigenvalue weighted by Gasteiger charge is -2.03. The number of rotatable bonds is 4. The van der Waals surface area contributed by atoms with Crippen LogP contribution in [-0.4, -0.2) is 25.6 Å². The van der Waals surface area contributed by atoms with E-state index in [2.05, 4.69) is 37.0 Å². The molecule has 25 heavy (non-hydrogen) atoms. The molecule has 0 aliphatic heterocycles. The van der Waals surface area contributed by atoms with Gasteiger partial charge in [0.15, 0.2) is 5.76 Å². The van der Waals surface area contributed by atoms with Gasteiger partial charge in [0.1, 0.15) is 0 Å². The van der Waals surface area contributed by atoms with Crippen LogP contribution < -0.4 is 5.32 Å². The van der Waals surface area contributed by atoms with E-state index in [0.29, 0.717) is 23.2 Å². The Labute approximate surface area is 142 Å². The van der Waals surface area contributed by atoms with Crippen LogP contribution in [0.4, 0.5) is 11.7 Å². The van der Waals surface area contributed by atoms with E-state index in [9.17, 15) is 0 Å². The van der Waals surface area contributed by atoms with Crippen molar-refractivity contribution in [3.63, 3.8) is 0 Å². The Bertz CT molecular complexity index is 1030. The average Bonchev–Trinajstić information content (AvgIpc) is 3.34. The van der Waals surface area contributed by atoms with Crippen LogP contribution in [0.15, 0.2) is 59.1 Å². The van der Waals surface area contributed by atoms with Crippen molar-refractivity contribution in [2.24, 2.45) is 0 Å². The van der Waals surface area contributed by atoms with Gasteiger partial charge in [-0.15, -0.1) is 10.2 Å². The van der Waals surface area contributed by atoms with Crippen LogP contribution in [0.25, 0.3) is 22.7 Å². The van der Waals surface area contributed by atoms with E-state index in [1.165, 1.54) is 0 Å². The van der Waals surface area contributed by atoms with Gasteiger partial charge in [-0.3, -0.25) is 0 Å². The van der Waals surface area contributed by atoms with Crippen LogP contribution in [0, 0.1) is 11.3 Å². The van der Waals surface area contributed by atoms with E-state index < -0.39 is 0 Å². The fourth-order valence-corrected chi connectivity index (χ4v) is 2.32. The Balaban J connectivity index is 1.55. The summed E-state index contributed by atoms with van der Waals surface area (Å²) in [6, 6.07) is 17.1. The molecule has 120 valence electrons. The molecule has 4 rings (SSSR count). The second kappa shape index (κ2) is 6.25. The summed E-state index contributed by atoms with van der Waals surface area (Å²) >= 11 is 0. The summed E-state index contributed by atoms with van der Waals surface area (Å²) in [5, 5.41) is 25.8. The molecule has 0 unspecified atom stereocenters. The first-order chi connectivity index (χ1) is 12.3. The predicted octanol–water partition coefficient (Wildman–Crippen LogP) is 3.14. The van der Waals surface area contributed by atoms with Crippen molar-refractivity contribution >= 4 is 11.7 Å². The van der Waals surface area contributed by atoms with Crippen molar-refractivity contribution < 1.29 is 4.42 Å². The molecule has 8 nitrogen and oxygen atoms in total. The molecule has 0 spiro atoms. The van der Waals surface area contributed by atoms with Crippen molar-refractivity contribution in [3.8, 4) is 28.8 Å². The maximum Gasteiger partial charge on any atom is 0.299 e. The van der Waals surface area contributed by atoms with E-state index in [4.69, 9.17) is 9.68 Å². The minimum absolute atomic E-state index is 0.365.